The first-order chi connectivity index (χ1) is 10.6. The van der Waals surface area contributed by atoms with Crippen molar-refractivity contribution in [3.8, 4) is 0 Å². The van der Waals surface area contributed by atoms with Gasteiger partial charge in [0, 0.05) is 26.4 Å². The molecule has 3 rings (SSSR count). The van der Waals surface area contributed by atoms with Crippen LogP contribution in [0.4, 0.5) is 5.69 Å². The number of hydrogen-bond donors (Lipinski definition) is 1. The van der Waals surface area contributed by atoms with Crippen molar-refractivity contribution in [3.63, 3.8) is 0 Å². The van der Waals surface area contributed by atoms with Gasteiger partial charge < -0.3 is 14.8 Å². The third kappa shape index (κ3) is 3.29. The highest BCUT2D eigenvalue weighted by Crippen LogP contribution is 2.36. The molecule has 0 amide bonds. The molecule has 0 bridgehead atoms. The number of rotatable bonds is 3. The van der Waals surface area contributed by atoms with E-state index in [0.29, 0.717) is 18.8 Å². The number of aromatic nitrogens is 2. The molecule has 1 aliphatic carbocycles. The van der Waals surface area contributed by atoms with E-state index in [9.17, 15) is 4.79 Å². The lowest BCUT2D eigenvalue weighted by Crippen LogP contribution is -2.32. The maximum atomic E-state index is 11.7. The molecule has 7 heteroatoms. The Labute approximate surface area is 134 Å². The van der Waals surface area contributed by atoms with Gasteiger partial charge in [-0.2, -0.15) is 5.10 Å². The normalized spacial score (nSPS) is 24.4. The minimum atomic E-state index is -0.391. The zero-order chi connectivity index (χ0) is 15.6. The predicted octanol–water partition coefficient (Wildman–Crippen LogP) is 2.31. The van der Waals surface area contributed by atoms with Crippen LogP contribution in [0, 0.1) is 0 Å². The molecule has 1 aromatic heterocycles. The van der Waals surface area contributed by atoms with E-state index in [0.717, 1.165) is 25.7 Å². The average molecular weight is 328 g/mol. The van der Waals surface area contributed by atoms with Crippen LogP contribution in [0.2, 0.25) is 5.02 Å². The Hall–Kier alpha value is -1.11. The molecular formula is C15H22ClN3O3. The Kier molecular flexibility index (Phi) is 4.70. The lowest BCUT2D eigenvalue weighted by Gasteiger charge is -2.26. The summed E-state index contributed by atoms with van der Waals surface area (Å²) in [5.74, 6) is -0.391. The second-order valence-corrected chi connectivity index (χ2v) is 6.44. The third-order valence-electron chi connectivity index (χ3n) is 4.38. The van der Waals surface area contributed by atoms with Crippen LogP contribution in [0.5, 0.6) is 0 Å². The van der Waals surface area contributed by atoms with E-state index in [4.69, 9.17) is 21.1 Å². The predicted molar refractivity (Wildman–Crippen MR) is 84.2 cm³/mol. The van der Waals surface area contributed by atoms with Gasteiger partial charge in [0.25, 0.3) is 5.56 Å². The number of nitrogens with zero attached hydrogens (tertiary/aromatic N) is 2. The van der Waals surface area contributed by atoms with E-state index in [1.807, 2.05) is 0 Å². The van der Waals surface area contributed by atoms with Gasteiger partial charge in [-0.1, -0.05) is 24.4 Å². The second-order valence-electron chi connectivity index (χ2n) is 6.06. The molecule has 1 aliphatic heterocycles. The topological polar surface area (TPSA) is 65.4 Å². The monoisotopic (exact) mass is 327 g/mol. The minimum Gasteiger partial charge on any atom is -0.380 e. The Morgan fingerprint density at radius 1 is 1.41 bits per heavy atom. The molecule has 2 aliphatic rings. The SMILES string of the molecule is Cn1ncc(NCC2COC3(CCCCCC3)O2)c(Cl)c1=O. The summed E-state index contributed by atoms with van der Waals surface area (Å²) >= 11 is 6.04. The fourth-order valence-corrected chi connectivity index (χ4v) is 3.34. The van der Waals surface area contributed by atoms with Gasteiger partial charge in [0.15, 0.2) is 5.79 Å². The van der Waals surface area contributed by atoms with E-state index in [2.05, 4.69) is 10.4 Å². The van der Waals surface area contributed by atoms with Crippen molar-refractivity contribution in [1.29, 1.82) is 0 Å². The van der Waals surface area contributed by atoms with Crippen LogP contribution in [-0.2, 0) is 16.5 Å². The summed E-state index contributed by atoms with van der Waals surface area (Å²) in [7, 11) is 1.57. The molecule has 1 saturated carbocycles. The molecule has 2 heterocycles. The standard InChI is InChI=1S/C15H22ClN3O3/c1-19-14(20)13(16)12(9-18-19)17-8-11-10-21-15(22-11)6-4-2-3-5-7-15/h9,11,17H,2-8,10H2,1H3. The molecule has 1 saturated heterocycles. The first-order valence-corrected chi connectivity index (χ1v) is 8.25. The number of anilines is 1. The number of hydrogen-bond acceptors (Lipinski definition) is 5. The average Bonchev–Trinajstić information content (AvgIpc) is 2.76. The van der Waals surface area contributed by atoms with Crippen LogP contribution >= 0.6 is 11.6 Å². The summed E-state index contributed by atoms with van der Waals surface area (Å²) in [6, 6.07) is 0. The van der Waals surface area contributed by atoms with E-state index >= 15 is 0 Å². The third-order valence-corrected chi connectivity index (χ3v) is 4.74. The van der Waals surface area contributed by atoms with Crippen LogP contribution < -0.4 is 10.9 Å². The van der Waals surface area contributed by atoms with Crippen molar-refractivity contribution in [2.24, 2.45) is 7.05 Å². The summed E-state index contributed by atoms with van der Waals surface area (Å²) in [6.07, 6.45) is 8.29. The van der Waals surface area contributed by atoms with Gasteiger partial charge in [0.05, 0.1) is 18.5 Å². The lowest BCUT2D eigenvalue weighted by atomic mass is 10.1. The van der Waals surface area contributed by atoms with Crippen molar-refractivity contribution in [2.45, 2.75) is 50.4 Å². The van der Waals surface area contributed by atoms with Gasteiger partial charge in [0.1, 0.15) is 11.1 Å². The maximum Gasteiger partial charge on any atom is 0.287 e. The molecule has 122 valence electrons. The van der Waals surface area contributed by atoms with Gasteiger partial charge in [-0.05, 0) is 12.8 Å². The van der Waals surface area contributed by atoms with Crippen molar-refractivity contribution in [1.82, 2.24) is 9.78 Å². The second kappa shape index (κ2) is 6.56. The van der Waals surface area contributed by atoms with Crippen molar-refractivity contribution in [2.75, 3.05) is 18.5 Å². The lowest BCUT2D eigenvalue weighted by molar-refractivity contribution is -0.174. The van der Waals surface area contributed by atoms with Crippen LogP contribution in [-0.4, -0.2) is 34.8 Å². The Morgan fingerprint density at radius 2 is 2.14 bits per heavy atom. The first-order valence-electron chi connectivity index (χ1n) is 7.87. The quantitative estimate of drug-likeness (QED) is 0.923. The molecule has 0 radical (unpaired) electrons. The molecular weight excluding hydrogens is 306 g/mol. The summed E-state index contributed by atoms with van der Waals surface area (Å²) in [5.41, 5.74) is 0.227. The molecule has 22 heavy (non-hydrogen) atoms. The van der Waals surface area contributed by atoms with E-state index in [-0.39, 0.29) is 16.7 Å². The molecule has 1 spiro atoms. The molecule has 1 unspecified atom stereocenters. The Bertz CT molecular complexity index is 582. The highest BCUT2D eigenvalue weighted by Gasteiger charge is 2.41. The number of ether oxygens (including phenoxy) is 2. The molecule has 1 atom stereocenters. The summed E-state index contributed by atoms with van der Waals surface area (Å²) < 4.78 is 13.3. The van der Waals surface area contributed by atoms with E-state index in [1.165, 1.54) is 17.5 Å². The number of aryl methyl sites for hydroxylation is 1. The zero-order valence-corrected chi connectivity index (χ0v) is 13.6. The van der Waals surface area contributed by atoms with Gasteiger partial charge in [0.2, 0.25) is 0 Å². The fourth-order valence-electron chi connectivity index (χ4n) is 3.10. The maximum absolute atomic E-state index is 11.7. The van der Waals surface area contributed by atoms with E-state index < -0.39 is 5.79 Å². The van der Waals surface area contributed by atoms with Gasteiger partial charge in [-0.25, -0.2) is 4.68 Å². The van der Waals surface area contributed by atoms with E-state index in [1.54, 1.807) is 13.2 Å². The van der Waals surface area contributed by atoms with Crippen LogP contribution in [0.25, 0.3) is 0 Å². The van der Waals surface area contributed by atoms with Gasteiger partial charge in [-0.3, -0.25) is 4.79 Å². The van der Waals surface area contributed by atoms with Crippen LogP contribution in [0.3, 0.4) is 0 Å². The highest BCUT2D eigenvalue weighted by atomic mass is 35.5. The van der Waals surface area contributed by atoms with Crippen molar-refractivity contribution >= 4 is 17.3 Å². The Morgan fingerprint density at radius 3 is 2.86 bits per heavy atom. The summed E-state index contributed by atoms with van der Waals surface area (Å²) in [4.78, 5) is 11.7. The van der Waals surface area contributed by atoms with Crippen molar-refractivity contribution in [3.05, 3.63) is 21.6 Å². The number of halogens is 1. The molecule has 6 nitrogen and oxygen atoms in total. The summed E-state index contributed by atoms with van der Waals surface area (Å²) in [5, 5.41) is 7.27. The van der Waals surface area contributed by atoms with Crippen LogP contribution in [0.15, 0.2) is 11.0 Å². The smallest absolute Gasteiger partial charge is 0.287 e. The molecule has 0 aromatic carbocycles. The van der Waals surface area contributed by atoms with Crippen molar-refractivity contribution < 1.29 is 9.47 Å². The molecule has 1 aromatic rings. The van der Waals surface area contributed by atoms with Gasteiger partial charge >= 0.3 is 0 Å². The molecule has 1 N–H and O–H groups in total. The molecule has 2 fully saturated rings. The first kappa shape index (κ1) is 15.8. The fraction of sp³-hybridized carbons (Fsp3) is 0.733. The van der Waals surface area contributed by atoms with Gasteiger partial charge in [-0.15, -0.1) is 0 Å². The summed E-state index contributed by atoms with van der Waals surface area (Å²) in [6.45, 7) is 1.12. The highest BCUT2D eigenvalue weighted by molar-refractivity contribution is 6.32. The van der Waals surface area contributed by atoms with Crippen LogP contribution in [0.1, 0.15) is 38.5 Å². The minimum absolute atomic E-state index is 0.0294. The largest absolute Gasteiger partial charge is 0.380 e. The Balaban J connectivity index is 1.59. The number of nitrogens with one attached hydrogen (secondary N) is 1. The zero-order valence-electron chi connectivity index (χ0n) is 12.8.